The Hall–Kier alpha value is -4.20. The maximum atomic E-state index is 13.3. The zero-order valence-corrected chi connectivity index (χ0v) is 20.8. The average Bonchev–Trinajstić information content (AvgIpc) is 2.93. The van der Waals surface area contributed by atoms with E-state index in [1.807, 2.05) is 56.3 Å². The fourth-order valence-electron chi connectivity index (χ4n) is 4.59. The Morgan fingerprint density at radius 2 is 1.58 bits per heavy atom. The first-order chi connectivity index (χ1) is 17.2. The summed E-state index contributed by atoms with van der Waals surface area (Å²) in [6.45, 7) is 5.20. The van der Waals surface area contributed by atoms with E-state index in [-0.39, 0.29) is 24.3 Å². The van der Waals surface area contributed by atoms with Gasteiger partial charge in [0.15, 0.2) is 0 Å². The van der Waals surface area contributed by atoms with Crippen LogP contribution in [0.25, 0.3) is 10.8 Å². The normalized spacial score (nSPS) is 16.5. The van der Waals surface area contributed by atoms with Gasteiger partial charge >= 0.3 is 0 Å². The molecule has 4 amide bonds. The fraction of sp³-hybridized carbons (Fsp3) is 0.286. The third kappa shape index (κ3) is 4.79. The molecule has 36 heavy (non-hydrogen) atoms. The van der Waals surface area contributed by atoms with E-state index in [0.717, 1.165) is 16.3 Å². The lowest BCUT2D eigenvalue weighted by Crippen LogP contribution is -2.53. The maximum Gasteiger partial charge on any atom is 0.273 e. The van der Waals surface area contributed by atoms with Crippen LogP contribution in [0.1, 0.15) is 48.3 Å². The zero-order valence-electron chi connectivity index (χ0n) is 20.8. The Morgan fingerprint density at radius 3 is 2.33 bits per heavy atom. The highest BCUT2D eigenvalue weighted by molar-refractivity contribution is 6.03. The van der Waals surface area contributed by atoms with E-state index in [1.165, 1.54) is 17.1 Å². The van der Waals surface area contributed by atoms with Gasteiger partial charge in [-0.25, -0.2) is 5.01 Å². The van der Waals surface area contributed by atoms with Crippen LogP contribution in [0.5, 0.6) is 0 Å². The number of nitrogens with one attached hydrogen (secondary N) is 2. The first kappa shape index (κ1) is 24.9. The molecule has 3 aromatic rings. The molecule has 0 radical (unpaired) electrons. The molecule has 186 valence electrons. The molecule has 0 saturated carbocycles. The lowest BCUT2D eigenvalue weighted by atomic mass is 9.99. The number of fused-ring (bicyclic) bond motifs is 2. The van der Waals surface area contributed by atoms with E-state index in [0.29, 0.717) is 11.1 Å². The number of hydrogen-bond donors (Lipinski definition) is 2. The first-order valence-electron chi connectivity index (χ1n) is 12.0. The van der Waals surface area contributed by atoms with Gasteiger partial charge in [-0.05, 0) is 48.7 Å². The molecule has 2 N–H and O–H groups in total. The van der Waals surface area contributed by atoms with Crippen LogP contribution in [0, 0.1) is 0 Å². The molecule has 8 heteroatoms. The van der Waals surface area contributed by atoms with Crippen LogP contribution < -0.4 is 10.6 Å². The maximum absolute atomic E-state index is 13.3. The molecule has 3 aromatic carbocycles. The van der Waals surface area contributed by atoms with Crippen molar-refractivity contribution in [1.29, 1.82) is 0 Å². The molecule has 1 unspecified atom stereocenters. The molecule has 2 atom stereocenters. The highest BCUT2D eigenvalue weighted by Gasteiger charge is 2.39. The van der Waals surface area contributed by atoms with Gasteiger partial charge in [-0.3, -0.25) is 24.2 Å². The van der Waals surface area contributed by atoms with E-state index in [9.17, 15) is 19.2 Å². The third-order valence-corrected chi connectivity index (χ3v) is 6.38. The van der Waals surface area contributed by atoms with Gasteiger partial charge in [-0.2, -0.15) is 0 Å². The van der Waals surface area contributed by atoms with Crippen molar-refractivity contribution in [2.24, 2.45) is 0 Å². The van der Waals surface area contributed by atoms with Gasteiger partial charge in [0.05, 0.1) is 6.42 Å². The lowest BCUT2D eigenvalue weighted by molar-refractivity contribution is -0.147. The number of hydrogen-bond acceptors (Lipinski definition) is 4. The Labute approximate surface area is 210 Å². The molecular weight excluding hydrogens is 456 g/mol. The highest BCUT2D eigenvalue weighted by Crippen LogP contribution is 2.27. The Morgan fingerprint density at radius 1 is 0.917 bits per heavy atom. The Kier molecular flexibility index (Phi) is 7.05. The number of hydrazine groups is 1. The molecule has 8 nitrogen and oxygen atoms in total. The van der Waals surface area contributed by atoms with Gasteiger partial charge in [0, 0.05) is 18.7 Å². The van der Waals surface area contributed by atoms with Crippen LogP contribution in [-0.4, -0.2) is 52.8 Å². The molecule has 0 saturated heterocycles. The summed E-state index contributed by atoms with van der Waals surface area (Å²) in [6.07, 6.45) is 0.116. The predicted molar refractivity (Wildman–Crippen MR) is 137 cm³/mol. The van der Waals surface area contributed by atoms with E-state index in [4.69, 9.17) is 0 Å². The standard InChI is InChI=1S/C28H30N4O4/c1-17(2)32-27(35)23-15-8-7-14-22(23)25(28(36)31(32)4)30-26(34)18(3)29-24(33)16-20-12-9-11-19-10-5-6-13-21(19)20/h5-15,17-18,25H,16H2,1-4H3,(H,29,33)(H,30,34)/t18-,25?/m0/s1. The molecular formula is C28H30N4O4. The second-order valence-electron chi connectivity index (χ2n) is 9.24. The minimum atomic E-state index is -1.07. The highest BCUT2D eigenvalue weighted by atomic mass is 16.2. The molecule has 0 bridgehead atoms. The van der Waals surface area contributed by atoms with Gasteiger partial charge < -0.3 is 10.6 Å². The molecule has 1 aliphatic heterocycles. The van der Waals surface area contributed by atoms with Crippen LogP contribution in [-0.2, 0) is 20.8 Å². The molecule has 0 aromatic heterocycles. The number of carbonyl (C=O) groups excluding carboxylic acids is 4. The number of carbonyl (C=O) groups is 4. The van der Waals surface area contributed by atoms with Gasteiger partial charge in [0.1, 0.15) is 12.1 Å². The van der Waals surface area contributed by atoms with Crippen molar-refractivity contribution in [2.75, 3.05) is 7.05 Å². The van der Waals surface area contributed by atoms with Crippen LogP contribution in [0.2, 0.25) is 0 Å². The van der Waals surface area contributed by atoms with E-state index < -0.39 is 23.9 Å². The molecule has 1 aliphatic rings. The minimum Gasteiger partial charge on any atom is -0.344 e. The molecule has 0 spiro atoms. The van der Waals surface area contributed by atoms with Crippen LogP contribution >= 0.6 is 0 Å². The topological polar surface area (TPSA) is 98.8 Å². The number of benzene rings is 3. The van der Waals surface area contributed by atoms with E-state index >= 15 is 0 Å². The van der Waals surface area contributed by atoms with Gasteiger partial charge in [0.2, 0.25) is 11.8 Å². The largest absolute Gasteiger partial charge is 0.344 e. The monoisotopic (exact) mass is 486 g/mol. The van der Waals surface area contributed by atoms with Crippen LogP contribution in [0.15, 0.2) is 66.7 Å². The lowest BCUT2D eigenvalue weighted by Gasteiger charge is -2.34. The minimum absolute atomic E-state index is 0.116. The molecule has 0 aliphatic carbocycles. The summed E-state index contributed by atoms with van der Waals surface area (Å²) < 4.78 is 0. The van der Waals surface area contributed by atoms with Crippen molar-refractivity contribution < 1.29 is 19.2 Å². The van der Waals surface area contributed by atoms with Crippen LogP contribution in [0.3, 0.4) is 0 Å². The summed E-state index contributed by atoms with van der Waals surface area (Å²) in [5.41, 5.74) is 1.63. The van der Waals surface area contributed by atoms with Crippen molar-refractivity contribution in [3.8, 4) is 0 Å². The second kappa shape index (κ2) is 10.2. The zero-order chi connectivity index (χ0) is 26.0. The predicted octanol–water partition coefficient (Wildman–Crippen LogP) is 2.98. The second-order valence-corrected chi connectivity index (χ2v) is 9.24. The number of nitrogens with zero attached hydrogens (tertiary/aromatic N) is 2. The molecule has 4 rings (SSSR count). The van der Waals surface area contributed by atoms with Gasteiger partial charge in [-0.15, -0.1) is 0 Å². The van der Waals surface area contributed by atoms with Crippen molar-refractivity contribution in [1.82, 2.24) is 20.7 Å². The molecule has 1 heterocycles. The summed E-state index contributed by atoms with van der Waals surface area (Å²) in [6, 6.07) is 18.1. The van der Waals surface area contributed by atoms with Crippen molar-refractivity contribution in [3.05, 3.63) is 83.4 Å². The van der Waals surface area contributed by atoms with E-state index in [2.05, 4.69) is 10.6 Å². The third-order valence-electron chi connectivity index (χ3n) is 6.38. The fourth-order valence-corrected chi connectivity index (χ4v) is 4.59. The van der Waals surface area contributed by atoms with Crippen molar-refractivity contribution >= 4 is 34.4 Å². The van der Waals surface area contributed by atoms with Crippen molar-refractivity contribution in [2.45, 2.75) is 45.3 Å². The first-order valence-corrected chi connectivity index (χ1v) is 12.0. The van der Waals surface area contributed by atoms with Crippen LogP contribution in [0.4, 0.5) is 0 Å². The SMILES string of the molecule is CC(C)N1C(=O)c2ccccc2C(NC(=O)[C@H](C)NC(=O)Cc2cccc3ccccc23)C(=O)N1C. The Balaban J connectivity index is 1.50. The Bertz CT molecular complexity index is 1330. The summed E-state index contributed by atoms with van der Waals surface area (Å²) in [5, 5.41) is 10.1. The molecule has 0 fully saturated rings. The van der Waals surface area contributed by atoms with E-state index in [1.54, 1.807) is 31.2 Å². The smallest absolute Gasteiger partial charge is 0.273 e. The average molecular weight is 487 g/mol. The number of likely N-dealkylation sites (N-methyl/N-ethyl adjacent to an activating group) is 1. The summed E-state index contributed by atoms with van der Waals surface area (Å²) in [4.78, 5) is 52.4. The van der Waals surface area contributed by atoms with Gasteiger partial charge in [-0.1, -0.05) is 60.7 Å². The summed E-state index contributed by atoms with van der Waals surface area (Å²) in [5.74, 6) is -1.58. The number of rotatable bonds is 6. The summed E-state index contributed by atoms with van der Waals surface area (Å²) >= 11 is 0. The summed E-state index contributed by atoms with van der Waals surface area (Å²) in [7, 11) is 1.51. The van der Waals surface area contributed by atoms with Crippen molar-refractivity contribution in [3.63, 3.8) is 0 Å². The quantitative estimate of drug-likeness (QED) is 0.560. The van der Waals surface area contributed by atoms with Gasteiger partial charge in [0.25, 0.3) is 11.8 Å². The number of amides is 4.